The quantitative estimate of drug-likeness (QED) is 0.118. The minimum Gasteiger partial charge on any atom is -0.456 e. The molecule has 6 aromatic heterocycles. The summed E-state index contributed by atoms with van der Waals surface area (Å²) in [5, 5.41) is 12.3. The van der Waals surface area contributed by atoms with Crippen LogP contribution >= 0.6 is 0 Å². The number of ether oxygens (including phenoxy) is 3. The van der Waals surface area contributed by atoms with Gasteiger partial charge in [-0.25, -0.2) is 15.0 Å². The average molecular weight is 1720 g/mol. The van der Waals surface area contributed by atoms with Crippen molar-refractivity contribution in [2.45, 2.75) is 0 Å². The highest BCUT2D eigenvalue weighted by Crippen LogP contribution is 2.53. The minimum atomic E-state index is 0.879. The Labute approximate surface area is 779 Å². The second-order valence-electron chi connectivity index (χ2n) is 34.3. The fourth-order valence-corrected chi connectivity index (χ4v) is 19.5. The van der Waals surface area contributed by atoms with Gasteiger partial charge in [0, 0.05) is 118 Å². The lowest BCUT2D eigenvalue weighted by atomic mass is 9.90. The SMILES string of the molecule is c1ccc(-c2cc(-c3ccc4cc(-c5ccc6c7c(cccc57)-c5ccccc5O6)ncc4c3)cc(-c3ccccc3)n2)cc1.c1ccc(-c2cc(-c3ccccc3)nc(-c3ccc4cnc(-c5ccc6c7c(cccc57)-c5ccccc5O6)cc4c3)c2)cc1.c1ccc(-c2cc(-c3ccccc3)nc(-c3ccc4ncc(-c5ccc6c7c(cccc57)-c5ccccc5O6)cc4c3)c2)cc1. The van der Waals surface area contributed by atoms with Crippen molar-refractivity contribution in [1.29, 1.82) is 0 Å². The zero-order valence-electron chi connectivity index (χ0n) is 72.9. The smallest absolute Gasteiger partial charge is 0.135 e. The summed E-state index contributed by atoms with van der Waals surface area (Å²) in [5.41, 5.74) is 33.2. The first-order valence-corrected chi connectivity index (χ1v) is 45.4. The summed E-state index contributed by atoms with van der Waals surface area (Å²) in [6.45, 7) is 0. The maximum absolute atomic E-state index is 6.34. The summed E-state index contributed by atoms with van der Waals surface area (Å²) in [6, 6.07) is 159. The number of fused-ring (bicyclic) bond motifs is 9. The van der Waals surface area contributed by atoms with Crippen molar-refractivity contribution in [3.63, 3.8) is 0 Å². The molecule has 18 aromatic carbocycles. The minimum absolute atomic E-state index is 0.879. The van der Waals surface area contributed by atoms with E-state index in [0.717, 1.165) is 245 Å². The fraction of sp³-hybridized carbons (Fsp3) is 0. The molecule has 0 radical (unpaired) electrons. The molecular weight excluding hydrogens is 1650 g/mol. The second kappa shape index (κ2) is 33.7. The van der Waals surface area contributed by atoms with Crippen molar-refractivity contribution in [2.75, 3.05) is 0 Å². The van der Waals surface area contributed by atoms with E-state index >= 15 is 0 Å². The van der Waals surface area contributed by atoms with Crippen LogP contribution in [0.3, 0.4) is 0 Å². The first-order valence-electron chi connectivity index (χ1n) is 45.4. The summed E-state index contributed by atoms with van der Waals surface area (Å²) < 4.78 is 19.0. The highest BCUT2D eigenvalue weighted by atomic mass is 16.5. The number of hydrogen-bond acceptors (Lipinski definition) is 9. The molecule has 27 rings (SSSR count). The first kappa shape index (κ1) is 79.0. The number of nitrogens with zero attached hydrogens (tertiary/aromatic N) is 6. The van der Waals surface area contributed by atoms with Crippen molar-refractivity contribution >= 4 is 64.8 Å². The molecule has 0 bridgehead atoms. The molecule has 0 aliphatic carbocycles. The lowest BCUT2D eigenvalue weighted by Crippen LogP contribution is -1.98. The largest absolute Gasteiger partial charge is 0.456 e. The molecule has 3 aliphatic rings. The van der Waals surface area contributed by atoms with Gasteiger partial charge in [-0.15, -0.1) is 0 Å². The number of rotatable bonds is 12. The maximum atomic E-state index is 6.34. The zero-order chi connectivity index (χ0) is 89.2. The monoisotopic (exact) mass is 1720 g/mol. The molecule has 24 aromatic rings. The van der Waals surface area contributed by atoms with Gasteiger partial charge in [0.05, 0.1) is 51.1 Å². The molecule has 9 heterocycles. The van der Waals surface area contributed by atoms with Crippen LogP contribution in [0.4, 0.5) is 0 Å². The number of pyridine rings is 6. The van der Waals surface area contributed by atoms with Gasteiger partial charge in [0.15, 0.2) is 0 Å². The normalized spacial score (nSPS) is 11.7. The van der Waals surface area contributed by atoms with Crippen LogP contribution in [0, 0.1) is 0 Å². The third kappa shape index (κ3) is 14.9. The molecule has 3 aliphatic heterocycles. The number of para-hydroxylation sites is 3. The van der Waals surface area contributed by atoms with E-state index in [1.54, 1.807) is 0 Å². The maximum Gasteiger partial charge on any atom is 0.135 e. The summed E-state index contributed by atoms with van der Waals surface area (Å²) in [6.07, 6.45) is 5.94. The standard InChI is InChI=1S/3C42H26N2O/c1-3-10-27(11-4-1)30-24-38(28-12-5-2-6-13-28)44-39(25-30)29-18-20-37-31(22-29)23-32(26-43-37)33-19-21-41-42-35(33)15-9-16-36(42)34-14-7-8-17-40(34)45-41;1-3-10-27(11-4-1)32-23-37(28-12-5-2-6-13-28)44-38(24-32)29-18-19-30-26-43-39(25-31(30)22-29)33-20-21-41-42-35(33)15-9-16-36(42)34-14-7-8-17-40(34)45-41;1-3-10-27(11-4-1)37-24-31(25-38(44-37)28-12-5-2-6-13-28)29-18-19-30-23-39(43-26-32(30)22-29)33-20-21-41-42-35(33)15-9-16-36(42)34-14-7-8-17-40(34)45-41/h3*1-26H. The number of aromatic nitrogens is 6. The Bertz CT molecular complexity index is 8310. The summed E-state index contributed by atoms with van der Waals surface area (Å²) in [5.74, 6) is 5.33. The van der Waals surface area contributed by atoms with Crippen LogP contribution in [-0.2, 0) is 0 Å². The Morgan fingerprint density at radius 3 is 0.896 bits per heavy atom. The van der Waals surface area contributed by atoms with Gasteiger partial charge < -0.3 is 14.2 Å². The summed E-state index contributed by atoms with van der Waals surface area (Å²) in [7, 11) is 0. The van der Waals surface area contributed by atoms with Crippen molar-refractivity contribution < 1.29 is 14.2 Å². The molecule has 0 atom stereocenters. The van der Waals surface area contributed by atoms with Crippen molar-refractivity contribution in [1.82, 2.24) is 29.9 Å². The Morgan fingerprint density at radius 2 is 0.459 bits per heavy atom. The summed E-state index contributed by atoms with van der Waals surface area (Å²) in [4.78, 5) is 30.2. The molecule has 0 amide bonds. The van der Waals surface area contributed by atoms with E-state index < -0.39 is 0 Å². The molecule has 0 saturated heterocycles. The summed E-state index contributed by atoms with van der Waals surface area (Å²) >= 11 is 0. The highest BCUT2D eigenvalue weighted by molar-refractivity contribution is 6.14. The van der Waals surface area contributed by atoms with Crippen LogP contribution in [0.15, 0.2) is 474 Å². The van der Waals surface area contributed by atoms with Crippen molar-refractivity contribution in [2.24, 2.45) is 0 Å². The van der Waals surface area contributed by atoms with E-state index in [4.69, 9.17) is 44.1 Å². The molecule has 0 spiro atoms. The Morgan fingerprint density at radius 1 is 0.141 bits per heavy atom. The predicted molar refractivity (Wildman–Crippen MR) is 553 cm³/mol. The Balaban J connectivity index is 0.000000108. The van der Waals surface area contributed by atoms with Crippen LogP contribution in [0.25, 0.3) is 233 Å². The zero-order valence-corrected chi connectivity index (χ0v) is 72.9. The van der Waals surface area contributed by atoms with E-state index in [1.165, 1.54) is 22.3 Å². The third-order valence-corrected chi connectivity index (χ3v) is 26.1. The van der Waals surface area contributed by atoms with Crippen LogP contribution in [0.5, 0.6) is 34.5 Å². The predicted octanol–water partition coefficient (Wildman–Crippen LogP) is 33.7. The van der Waals surface area contributed by atoms with E-state index in [-0.39, 0.29) is 0 Å². The molecule has 9 heteroatoms. The van der Waals surface area contributed by atoms with Gasteiger partial charge in [-0.05, 0) is 216 Å². The lowest BCUT2D eigenvalue weighted by Gasteiger charge is -2.22. The van der Waals surface area contributed by atoms with Gasteiger partial charge in [-0.2, -0.15) is 0 Å². The molecule has 0 fully saturated rings. The van der Waals surface area contributed by atoms with Gasteiger partial charge in [0.2, 0.25) is 0 Å². The van der Waals surface area contributed by atoms with Crippen LogP contribution < -0.4 is 14.2 Å². The van der Waals surface area contributed by atoms with Crippen LogP contribution in [0.1, 0.15) is 0 Å². The Hall–Kier alpha value is -18.2. The fourth-order valence-electron chi connectivity index (χ4n) is 19.5. The van der Waals surface area contributed by atoms with E-state index in [9.17, 15) is 0 Å². The first-order chi connectivity index (χ1) is 66.8. The molecule has 135 heavy (non-hydrogen) atoms. The van der Waals surface area contributed by atoms with Gasteiger partial charge in [0.1, 0.15) is 34.5 Å². The topological polar surface area (TPSA) is 105 Å². The van der Waals surface area contributed by atoms with E-state index in [1.807, 2.05) is 91.4 Å². The molecular formula is C126H78N6O3. The molecule has 0 saturated carbocycles. The van der Waals surface area contributed by atoms with E-state index in [0.29, 0.717) is 0 Å². The molecule has 630 valence electrons. The second-order valence-corrected chi connectivity index (χ2v) is 34.3. The molecule has 9 nitrogen and oxygen atoms in total. The molecule has 0 unspecified atom stereocenters. The van der Waals surface area contributed by atoms with Crippen molar-refractivity contribution in [3.8, 4) is 202 Å². The highest BCUT2D eigenvalue weighted by Gasteiger charge is 2.27. The average Bonchev–Trinajstić information content (AvgIpc) is 0.743. The van der Waals surface area contributed by atoms with E-state index in [2.05, 4.69) is 382 Å². The Kier molecular flexibility index (Phi) is 19.7. The van der Waals surface area contributed by atoms with Gasteiger partial charge in [-0.3, -0.25) is 15.0 Å². The lowest BCUT2D eigenvalue weighted by molar-refractivity contribution is 0.487. The van der Waals surface area contributed by atoms with Crippen LogP contribution in [-0.4, -0.2) is 29.9 Å². The van der Waals surface area contributed by atoms with Crippen LogP contribution in [0.2, 0.25) is 0 Å². The van der Waals surface area contributed by atoms with Gasteiger partial charge >= 0.3 is 0 Å². The van der Waals surface area contributed by atoms with Crippen molar-refractivity contribution in [3.05, 3.63) is 474 Å². The van der Waals surface area contributed by atoms with Gasteiger partial charge in [0.25, 0.3) is 0 Å². The third-order valence-electron chi connectivity index (χ3n) is 26.1. The molecule has 0 N–H and O–H groups in total. The van der Waals surface area contributed by atoms with Gasteiger partial charge in [-0.1, -0.05) is 322 Å². The number of benzene rings is 18. The number of hydrogen-bond donors (Lipinski definition) is 0.